The number of benzene rings is 1. The number of hydrogen-bond acceptors (Lipinski definition) is 2. The highest BCUT2D eigenvalue weighted by molar-refractivity contribution is 9.10. The molecule has 1 aromatic carbocycles. The van der Waals surface area contributed by atoms with E-state index in [0.717, 1.165) is 21.5 Å². The number of nitrogens with zero attached hydrogens (tertiary/aromatic N) is 2. The first-order valence-electron chi connectivity index (χ1n) is 5.53. The van der Waals surface area contributed by atoms with Crippen molar-refractivity contribution in [3.63, 3.8) is 0 Å². The molecule has 18 heavy (non-hydrogen) atoms. The number of carboxylic acids is 1. The van der Waals surface area contributed by atoms with Gasteiger partial charge in [-0.1, -0.05) is 6.07 Å². The van der Waals surface area contributed by atoms with Crippen molar-refractivity contribution in [2.24, 2.45) is 0 Å². The number of carbonyl (C=O) groups is 1. The summed E-state index contributed by atoms with van der Waals surface area (Å²) < 4.78 is 2.80. The second-order valence-electron chi connectivity index (χ2n) is 4.12. The van der Waals surface area contributed by atoms with Crippen LogP contribution in [0.4, 0.5) is 0 Å². The second-order valence-corrected chi connectivity index (χ2v) is 4.97. The highest BCUT2D eigenvalue weighted by Gasteiger charge is 2.15. The fourth-order valence-corrected chi connectivity index (χ4v) is 2.35. The molecule has 1 aromatic heterocycles. The van der Waals surface area contributed by atoms with Crippen LogP contribution in [0.1, 0.15) is 24.2 Å². The standard InChI is InChI=1S/C13H13BrN2O2/c1-8(13(17)18)10-3-4-12(11(14)7-10)16-6-5-15-9(16)2/h3-8H,1-2H3,(H,17,18). The van der Waals surface area contributed by atoms with E-state index >= 15 is 0 Å². The molecule has 1 unspecified atom stereocenters. The number of aliphatic carboxylic acids is 1. The minimum Gasteiger partial charge on any atom is -0.481 e. The number of imidazole rings is 1. The van der Waals surface area contributed by atoms with Gasteiger partial charge in [-0.2, -0.15) is 0 Å². The first-order chi connectivity index (χ1) is 8.50. The molecule has 0 bridgehead atoms. The van der Waals surface area contributed by atoms with Gasteiger partial charge in [-0.05, 0) is 47.5 Å². The molecular formula is C13H13BrN2O2. The van der Waals surface area contributed by atoms with Gasteiger partial charge in [0.15, 0.2) is 0 Å². The van der Waals surface area contributed by atoms with E-state index in [1.807, 2.05) is 35.9 Å². The number of aryl methyl sites for hydroxylation is 1. The van der Waals surface area contributed by atoms with Crippen LogP contribution >= 0.6 is 15.9 Å². The molecule has 5 heteroatoms. The van der Waals surface area contributed by atoms with Gasteiger partial charge in [0.05, 0.1) is 11.6 Å². The van der Waals surface area contributed by atoms with Crippen molar-refractivity contribution in [1.29, 1.82) is 0 Å². The van der Waals surface area contributed by atoms with Gasteiger partial charge >= 0.3 is 5.97 Å². The normalized spacial score (nSPS) is 12.4. The number of hydrogen-bond donors (Lipinski definition) is 1. The van der Waals surface area contributed by atoms with Gasteiger partial charge in [0.1, 0.15) is 5.82 Å². The molecule has 94 valence electrons. The third-order valence-electron chi connectivity index (χ3n) is 2.93. The molecule has 1 atom stereocenters. The Labute approximate surface area is 113 Å². The Morgan fingerprint density at radius 3 is 2.72 bits per heavy atom. The summed E-state index contributed by atoms with van der Waals surface area (Å²) in [5, 5.41) is 8.99. The smallest absolute Gasteiger partial charge is 0.310 e. The molecule has 1 heterocycles. The monoisotopic (exact) mass is 308 g/mol. The minimum atomic E-state index is -0.825. The number of carboxylic acid groups (broad SMARTS) is 1. The first-order valence-corrected chi connectivity index (χ1v) is 6.32. The van der Waals surface area contributed by atoms with Gasteiger partial charge < -0.3 is 9.67 Å². The van der Waals surface area contributed by atoms with Crippen LogP contribution in [0.25, 0.3) is 5.69 Å². The molecule has 2 rings (SSSR count). The van der Waals surface area contributed by atoms with E-state index in [9.17, 15) is 4.79 Å². The van der Waals surface area contributed by atoms with Gasteiger partial charge in [0.25, 0.3) is 0 Å². The molecule has 0 spiro atoms. The van der Waals surface area contributed by atoms with Crippen LogP contribution in [0.5, 0.6) is 0 Å². The Bertz CT molecular complexity index is 592. The van der Waals surface area contributed by atoms with Gasteiger partial charge in [-0.3, -0.25) is 4.79 Å². The molecule has 0 fully saturated rings. The Morgan fingerprint density at radius 1 is 1.50 bits per heavy atom. The molecule has 0 aliphatic carbocycles. The number of aromatic nitrogens is 2. The Hall–Kier alpha value is -1.62. The van der Waals surface area contributed by atoms with Gasteiger partial charge in [0.2, 0.25) is 0 Å². The molecule has 0 radical (unpaired) electrons. The molecule has 0 aliphatic rings. The average molecular weight is 309 g/mol. The van der Waals surface area contributed by atoms with E-state index in [1.165, 1.54) is 0 Å². The highest BCUT2D eigenvalue weighted by atomic mass is 79.9. The van der Waals surface area contributed by atoms with Gasteiger partial charge in [0, 0.05) is 16.9 Å². The summed E-state index contributed by atoms with van der Waals surface area (Å²) in [7, 11) is 0. The van der Waals surface area contributed by atoms with Crippen molar-refractivity contribution in [2.75, 3.05) is 0 Å². The van der Waals surface area contributed by atoms with E-state index in [0.29, 0.717) is 0 Å². The summed E-state index contributed by atoms with van der Waals surface area (Å²) in [5.74, 6) is -0.456. The second kappa shape index (κ2) is 4.94. The SMILES string of the molecule is Cc1nccn1-c1ccc(C(C)C(=O)O)cc1Br. The van der Waals surface area contributed by atoms with Crippen LogP contribution in [0.2, 0.25) is 0 Å². The minimum absolute atomic E-state index is 0.515. The van der Waals surface area contributed by atoms with Crippen LogP contribution in [0.3, 0.4) is 0 Å². The summed E-state index contributed by atoms with van der Waals surface area (Å²) >= 11 is 3.48. The summed E-state index contributed by atoms with van der Waals surface area (Å²) in [6.07, 6.45) is 3.60. The molecule has 4 nitrogen and oxygen atoms in total. The molecule has 0 saturated heterocycles. The highest BCUT2D eigenvalue weighted by Crippen LogP contribution is 2.27. The van der Waals surface area contributed by atoms with Crippen molar-refractivity contribution in [3.8, 4) is 5.69 Å². The number of rotatable bonds is 3. The third kappa shape index (κ3) is 2.31. The molecular weight excluding hydrogens is 296 g/mol. The lowest BCUT2D eigenvalue weighted by molar-refractivity contribution is -0.138. The Morgan fingerprint density at radius 2 is 2.22 bits per heavy atom. The average Bonchev–Trinajstić information content (AvgIpc) is 2.74. The molecule has 2 aromatic rings. The Kier molecular flexibility index (Phi) is 3.52. The van der Waals surface area contributed by atoms with Crippen LogP contribution in [0, 0.1) is 6.92 Å². The van der Waals surface area contributed by atoms with E-state index in [-0.39, 0.29) is 0 Å². The first kappa shape index (κ1) is 12.8. The predicted molar refractivity (Wildman–Crippen MR) is 72.1 cm³/mol. The van der Waals surface area contributed by atoms with Crippen molar-refractivity contribution in [1.82, 2.24) is 9.55 Å². The molecule has 0 aliphatic heterocycles. The predicted octanol–water partition coefficient (Wildman–Crippen LogP) is 3.13. The van der Waals surface area contributed by atoms with Crippen molar-refractivity contribution in [2.45, 2.75) is 19.8 Å². The lowest BCUT2D eigenvalue weighted by Gasteiger charge is -2.12. The quantitative estimate of drug-likeness (QED) is 0.947. The molecule has 1 N–H and O–H groups in total. The topological polar surface area (TPSA) is 55.1 Å². The fraction of sp³-hybridized carbons (Fsp3) is 0.231. The van der Waals surface area contributed by atoms with Crippen molar-refractivity contribution in [3.05, 3.63) is 46.5 Å². The maximum absolute atomic E-state index is 10.9. The van der Waals surface area contributed by atoms with Crippen LogP contribution in [-0.2, 0) is 4.79 Å². The zero-order chi connectivity index (χ0) is 13.3. The fourth-order valence-electron chi connectivity index (χ4n) is 1.76. The van der Waals surface area contributed by atoms with Crippen LogP contribution in [0.15, 0.2) is 35.1 Å². The Balaban J connectivity index is 2.43. The summed E-state index contributed by atoms with van der Waals surface area (Å²) in [5.41, 5.74) is 1.72. The number of halogens is 1. The lowest BCUT2D eigenvalue weighted by atomic mass is 10.0. The maximum Gasteiger partial charge on any atom is 0.310 e. The van der Waals surface area contributed by atoms with Gasteiger partial charge in [-0.25, -0.2) is 4.98 Å². The van der Waals surface area contributed by atoms with Crippen LogP contribution in [-0.4, -0.2) is 20.6 Å². The van der Waals surface area contributed by atoms with Gasteiger partial charge in [-0.15, -0.1) is 0 Å². The lowest BCUT2D eigenvalue weighted by Crippen LogP contribution is -2.08. The zero-order valence-electron chi connectivity index (χ0n) is 10.1. The van der Waals surface area contributed by atoms with E-state index < -0.39 is 11.9 Å². The van der Waals surface area contributed by atoms with Crippen molar-refractivity contribution >= 4 is 21.9 Å². The molecule has 0 amide bonds. The van der Waals surface area contributed by atoms with Crippen molar-refractivity contribution < 1.29 is 9.90 Å². The summed E-state index contributed by atoms with van der Waals surface area (Å²) in [6, 6.07) is 5.57. The van der Waals surface area contributed by atoms with Crippen LogP contribution < -0.4 is 0 Å². The molecule has 0 saturated carbocycles. The van der Waals surface area contributed by atoms with E-state index in [1.54, 1.807) is 13.1 Å². The largest absolute Gasteiger partial charge is 0.481 e. The summed E-state index contributed by atoms with van der Waals surface area (Å²) in [6.45, 7) is 3.59. The zero-order valence-corrected chi connectivity index (χ0v) is 11.7. The van der Waals surface area contributed by atoms with E-state index in [2.05, 4.69) is 20.9 Å². The third-order valence-corrected chi connectivity index (χ3v) is 3.56. The maximum atomic E-state index is 10.9. The summed E-state index contributed by atoms with van der Waals surface area (Å²) in [4.78, 5) is 15.1. The van der Waals surface area contributed by atoms with E-state index in [4.69, 9.17) is 5.11 Å².